The summed E-state index contributed by atoms with van der Waals surface area (Å²) in [7, 11) is 0. The van der Waals surface area contributed by atoms with Gasteiger partial charge < -0.3 is 25.2 Å². The van der Waals surface area contributed by atoms with Gasteiger partial charge in [0.25, 0.3) is 0 Å². The summed E-state index contributed by atoms with van der Waals surface area (Å²) in [6, 6.07) is 0. The molecular weight excluding hydrogens is 164 g/mol. The zero-order valence-corrected chi connectivity index (χ0v) is 6.79. The Morgan fingerprint density at radius 1 is 1.17 bits per heavy atom. The molecule has 72 valence electrons. The predicted molar refractivity (Wildman–Crippen MR) is 39.1 cm³/mol. The SMILES string of the molecule is CC1C(O)O[C@H](CO)C(O)C1O. The van der Waals surface area contributed by atoms with Crippen molar-refractivity contribution in [3.05, 3.63) is 0 Å². The normalized spacial score (nSPS) is 49.2. The second-order valence-corrected chi connectivity index (χ2v) is 3.09. The van der Waals surface area contributed by atoms with Crippen LogP contribution >= 0.6 is 0 Å². The van der Waals surface area contributed by atoms with E-state index in [0.717, 1.165) is 0 Å². The Morgan fingerprint density at radius 3 is 2.25 bits per heavy atom. The fraction of sp³-hybridized carbons (Fsp3) is 1.00. The summed E-state index contributed by atoms with van der Waals surface area (Å²) in [5.41, 5.74) is 0. The minimum atomic E-state index is -1.13. The highest BCUT2D eigenvalue weighted by Gasteiger charge is 2.40. The zero-order valence-electron chi connectivity index (χ0n) is 6.79. The van der Waals surface area contributed by atoms with Gasteiger partial charge in [0.2, 0.25) is 0 Å². The van der Waals surface area contributed by atoms with Crippen molar-refractivity contribution in [3.8, 4) is 0 Å². The highest BCUT2D eigenvalue weighted by atomic mass is 16.6. The average Bonchev–Trinajstić information content (AvgIpc) is 2.08. The number of hydrogen-bond donors (Lipinski definition) is 4. The number of rotatable bonds is 1. The molecule has 1 heterocycles. The molecular formula is C7H14O5. The molecule has 1 saturated heterocycles. The largest absolute Gasteiger partial charge is 0.394 e. The van der Waals surface area contributed by atoms with Crippen LogP contribution in [-0.2, 0) is 4.74 Å². The van der Waals surface area contributed by atoms with Gasteiger partial charge in [-0.1, -0.05) is 6.92 Å². The number of aliphatic hydroxyl groups excluding tert-OH is 4. The van der Waals surface area contributed by atoms with Gasteiger partial charge in [-0.05, 0) is 0 Å². The maximum Gasteiger partial charge on any atom is 0.160 e. The van der Waals surface area contributed by atoms with Crippen LogP contribution in [0.25, 0.3) is 0 Å². The molecule has 0 bridgehead atoms. The van der Waals surface area contributed by atoms with Crippen molar-refractivity contribution in [2.45, 2.75) is 31.5 Å². The third-order valence-corrected chi connectivity index (χ3v) is 2.21. The van der Waals surface area contributed by atoms with Crippen LogP contribution in [0.2, 0.25) is 0 Å². The third kappa shape index (κ3) is 1.60. The lowest BCUT2D eigenvalue weighted by Crippen LogP contribution is -2.54. The van der Waals surface area contributed by atoms with Crippen molar-refractivity contribution in [2.24, 2.45) is 5.92 Å². The Morgan fingerprint density at radius 2 is 1.75 bits per heavy atom. The summed E-state index contributed by atoms with van der Waals surface area (Å²) < 4.78 is 4.83. The molecule has 5 atom stereocenters. The molecule has 0 aromatic carbocycles. The van der Waals surface area contributed by atoms with Crippen LogP contribution in [0.3, 0.4) is 0 Å². The van der Waals surface area contributed by atoms with Gasteiger partial charge in [-0.25, -0.2) is 0 Å². The number of ether oxygens (including phenoxy) is 1. The fourth-order valence-corrected chi connectivity index (χ4v) is 1.23. The van der Waals surface area contributed by atoms with E-state index < -0.39 is 37.1 Å². The van der Waals surface area contributed by atoms with E-state index in [2.05, 4.69) is 0 Å². The molecule has 4 unspecified atom stereocenters. The monoisotopic (exact) mass is 178 g/mol. The van der Waals surface area contributed by atoms with Gasteiger partial charge in [0.15, 0.2) is 6.29 Å². The van der Waals surface area contributed by atoms with E-state index in [0.29, 0.717) is 0 Å². The first-order chi connectivity index (χ1) is 5.57. The molecule has 5 heteroatoms. The molecule has 0 amide bonds. The summed E-state index contributed by atoms with van der Waals surface area (Å²) in [5.74, 6) is -0.539. The van der Waals surface area contributed by atoms with Crippen molar-refractivity contribution in [3.63, 3.8) is 0 Å². The highest BCUT2D eigenvalue weighted by molar-refractivity contribution is 4.86. The molecule has 0 aromatic heterocycles. The topological polar surface area (TPSA) is 90.2 Å². The van der Waals surface area contributed by atoms with Crippen molar-refractivity contribution in [1.29, 1.82) is 0 Å². The van der Waals surface area contributed by atoms with Crippen molar-refractivity contribution >= 4 is 0 Å². The Kier molecular flexibility index (Phi) is 3.03. The van der Waals surface area contributed by atoms with E-state index in [-0.39, 0.29) is 0 Å². The molecule has 12 heavy (non-hydrogen) atoms. The standard InChI is InChI=1S/C7H14O5/c1-3-5(9)6(10)4(2-8)12-7(3)11/h3-11H,2H2,1H3/t3?,4-,5?,6?,7?/m1/s1. The van der Waals surface area contributed by atoms with Crippen LogP contribution in [0.4, 0.5) is 0 Å². The Labute approximate surface area is 70.2 Å². The molecule has 0 saturated carbocycles. The Balaban J connectivity index is 2.63. The molecule has 1 aliphatic rings. The van der Waals surface area contributed by atoms with E-state index in [1.807, 2.05) is 0 Å². The van der Waals surface area contributed by atoms with Gasteiger partial charge in [-0.2, -0.15) is 0 Å². The number of hydrogen-bond acceptors (Lipinski definition) is 5. The summed E-state index contributed by atoms with van der Waals surface area (Å²) in [5, 5.41) is 36.4. The lowest BCUT2D eigenvalue weighted by atomic mass is 9.93. The summed E-state index contributed by atoms with van der Waals surface area (Å²) in [6.07, 6.45) is -4.20. The molecule has 0 aliphatic carbocycles. The molecule has 4 N–H and O–H groups in total. The summed E-state index contributed by atoms with van der Waals surface area (Å²) in [4.78, 5) is 0. The minimum absolute atomic E-state index is 0.415. The van der Waals surface area contributed by atoms with Gasteiger partial charge in [0, 0.05) is 5.92 Å². The quantitative estimate of drug-likeness (QED) is 0.375. The Bertz CT molecular complexity index is 146. The van der Waals surface area contributed by atoms with Crippen LogP contribution in [0, 0.1) is 5.92 Å². The van der Waals surface area contributed by atoms with E-state index in [4.69, 9.17) is 14.9 Å². The maximum absolute atomic E-state index is 9.32. The second kappa shape index (κ2) is 3.68. The van der Waals surface area contributed by atoms with Crippen LogP contribution in [0.5, 0.6) is 0 Å². The molecule has 0 radical (unpaired) electrons. The smallest absolute Gasteiger partial charge is 0.160 e. The van der Waals surface area contributed by atoms with Gasteiger partial charge in [-0.3, -0.25) is 0 Å². The van der Waals surface area contributed by atoms with E-state index in [1.165, 1.54) is 0 Å². The first kappa shape index (κ1) is 9.88. The minimum Gasteiger partial charge on any atom is -0.394 e. The maximum atomic E-state index is 9.32. The number of aliphatic hydroxyl groups is 4. The highest BCUT2D eigenvalue weighted by Crippen LogP contribution is 2.23. The van der Waals surface area contributed by atoms with Crippen molar-refractivity contribution < 1.29 is 25.2 Å². The molecule has 1 aliphatic heterocycles. The molecule has 1 fully saturated rings. The first-order valence-corrected chi connectivity index (χ1v) is 3.88. The van der Waals surface area contributed by atoms with E-state index in [1.54, 1.807) is 6.92 Å². The lowest BCUT2D eigenvalue weighted by molar-refractivity contribution is -0.266. The second-order valence-electron chi connectivity index (χ2n) is 3.09. The first-order valence-electron chi connectivity index (χ1n) is 3.88. The van der Waals surface area contributed by atoms with Gasteiger partial charge in [0.1, 0.15) is 12.2 Å². The predicted octanol–water partition coefficient (Wildman–Crippen LogP) is -1.95. The van der Waals surface area contributed by atoms with Crippen LogP contribution in [0.1, 0.15) is 6.92 Å². The third-order valence-electron chi connectivity index (χ3n) is 2.21. The van der Waals surface area contributed by atoms with Gasteiger partial charge >= 0.3 is 0 Å². The van der Waals surface area contributed by atoms with Crippen molar-refractivity contribution in [1.82, 2.24) is 0 Å². The van der Waals surface area contributed by atoms with Crippen LogP contribution in [0.15, 0.2) is 0 Å². The molecule has 0 aromatic rings. The van der Waals surface area contributed by atoms with Crippen LogP contribution in [-0.4, -0.2) is 51.6 Å². The van der Waals surface area contributed by atoms with Crippen LogP contribution < -0.4 is 0 Å². The summed E-state index contributed by atoms with van der Waals surface area (Å²) in [6.45, 7) is 1.15. The Hall–Kier alpha value is -0.200. The zero-order chi connectivity index (χ0) is 9.30. The van der Waals surface area contributed by atoms with E-state index >= 15 is 0 Å². The average molecular weight is 178 g/mol. The fourth-order valence-electron chi connectivity index (χ4n) is 1.23. The molecule has 5 nitrogen and oxygen atoms in total. The molecule has 0 spiro atoms. The van der Waals surface area contributed by atoms with Crippen molar-refractivity contribution in [2.75, 3.05) is 6.61 Å². The van der Waals surface area contributed by atoms with Gasteiger partial charge in [-0.15, -0.1) is 0 Å². The molecule has 1 rings (SSSR count). The lowest BCUT2D eigenvalue weighted by Gasteiger charge is -2.38. The van der Waals surface area contributed by atoms with E-state index in [9.17, 15) is 10.2 Å². The summed E-state index contributed by atoms with van der Waals surface area (Å²) >= 11 is 0. The van der Waals surface area contributed by atoms with Gasteiger partial charge in [0.05, 0.1) is 12.7 Å².